The van der Waals surface area contributed by atoms with E-state index < -0.39 is 0 Å². The number of nitrogens with zero attached hydrogens (tertiary/aromatic N) is 2. The van der Waals surface area contributed by atoms with E-state index in [1.165, 1.54) is 0 Å². The molecule has 1 fully saturated rings. The summed E-state index contributed by atoms with van der Waals surface area (Å²) in [5.41, 5.74) is 6.66. The molecule has 0 aliphatic carbocycles. The molecule has 2 rings (SSSR count). The Labute approximate surface area is 86.7 Å². The number of carbonyl (C=O) groups is 1. The lowest BCUT2D eigenvalue weighted by molar-refractivity contribution is -0.128. The van der Waals surface area contributed by atoms with Crippen LogP contribution >= 0.6 is 11.3 Å². The molecule has 5 heteroatoms. The Morgan fingerprint density at radius 1 is 1.79 bits per heavy atom. The van der Waals surface area contributed by atoms with Gasteiger partial charge < -0.3 is 10.6 Å². The first-order valence-corrected chi connectivity index (χ1v) is 5.47. The molecule has 1 saturated heterocycles. The number of carbonyl (C=O) groups excluding carboxylic acids is 1. The molecule has 2 N–H and O–H groups in total. The molecule has 0 bridgehead atoms. The van der Waals surface area contributed by atoms with E-state index >= 15 is 0 Å². The van der Waals surface area contributed by atoms with E-state index in [1.807, 2.05) is 12.3 Å². The van der Waals surface area contributed by atoms with Crippen molar-refractivity contribution in [3.8, 4) is 0 Å². The molecule has 2 heterocycles. The average molecular weight is 211 g/mol. The fourth-order valence-corrected chi connectivity index (χ4v) is 2.24. The van der Waals surface area contributed by atoms with Gasteiger partial charge in [0, 0.05) is 24.4 Å². The summed E-state index contributed by atoms with van der Waals surface area (Å²) >= 11 is 1.61. The Morgan fingerprint density at radius 2 is 2.57 bits per heavy atom. The van der Waals surface area contributed by atoms with Crippen LogP contribution < -0.4 is 5.73 Å². The normalized spacial score (nSPS) is 22.0. The number of nitrogens with two attached hydrogens (primary N) is 1. The van der Waals surface area contributed by atoms with Crippen LogP contribution in [0.4, 0.5) is 0 Å². The highest BCUT2D eigenvalue weighted by Gasteiger charge is 2.27. The van der Waals surface area contributed by atoms with Crippen LogP contribution in [0, 0.1) is 6.92 Å². The number of rotatable bonds is 2. The van der Waals surface area contributed by atoms with Gasteiger partial charge in [-0.3, -0.25) is 4.79 Å². The highest BCUT2D eigenvalue weighted by Crippen LogP contribution is 2.15. The van der Waals surface area contributed by atoms with Crippen molar-refractivity contribution in [2.75, 3.05) is 6.54 Å². The lowest BCUT2D eigenvalue weighted by Gasteiger charge is -2.13. The second-order valence-corrected chi connectivity index (χ2v) is 4.66. The second-order valence-electron chi connectivity index (χ2n) is 3.60. The molecule has 1 amide bonds. The second kappa shape index (κ2) is 3.67. The highest BCUT2D eigenvalue weighted by atomic mass is 32.1. The van der Waals surface area contributed by atoms with Crippen LogP contribution in [-0.4, -0.2) is 28.4 Å². The zero-order chi connectivity index (χ0) is 10.1. The van der Waals surface area contributed by atoms with E-state index in [4.69, 9.17) is 5.73 Å². The summed E-state index contributed by atoms with van der Waals surface area (Å²) in [6.07, 6.45) is 0.475. The number of hydrogen-bond donors (Lipinski definition) is 1. The largest absolute Gasteiger partial charge is 0.335 e. The Kier molecular flexibility index (Phi) is 2.52. The minimum atomic E-state index is 0.00207. The van der Waals surface area contributed by atoms with Crippen LogP contribution in [0.25, 0.3) is 0 Å². The number of aryl methyl sites for hydroxylation is 1. The lowest BCUT2D eigenvalue weighted by Crippen LogP contribution is -2.27. The molecule has 0 radical (unpaired) electrons. The molecule has 1 unspecified atom stereocenters. The predicted molar refractivity (Wildman–Crippen MR) is 54.9 cm³/mol. The quantitative estimate of drug-likeness (QED) is 0.775. The number of aromatic nitrogens is 1. The van der Waals surface area contributed by atoms with Crippen LogP contribution in [0.1, 0.15) is 17.1 Å². The van der Waals surface area contributed by atoms with E-state index in [0.29, 0.717) is 19.5 Å². The molecule has 1 aliphatic rings. The van der Waals surface area contributed by atoms with E-state index in [0.717, 1.165) is 10.7 Å². The molecule has 76 valence electrons. The Balaban J connectivity index is 2.01. The molecular formula is C9H13N3OS. The summed E-state index contributed by atoms with van der Waals surface area (Å²) in [5.74, 6) is 0.142. The molecule has 0 saturated carbocycles. The number of thiazole rings is 1. The van der Waals surface area contributed by atoms with Crippen molar-refractivity contribution in [2.24, 2.45) is 5.73 Å². The van der Waals surface area contributed by atoms with E-state index in [2.05, 4.69) is 4.98 Å². The van der Waals surface area contributed by atoms with Gasteiger partial charge >= 0.3 is 0 Å². The van der Waals surface area contributed by atoms with Gasteiger partial charge in [0.1, 0.15) is 0 Å². The molecule has 1 aliphatic heterocycles. The molecule has 0 spiro atoms. The van der Waals surface area contributed by atoms with Gasteiger partial charge in [-0.05, 0) is 6.92 Å². The smallest absolute Gasteiger partial charge is 0.224 e. The summed E-state index contributed by atoms with van der Waals surface area (Å²) < 4.78 is 0. The summed E-state index contributed by atoms with van der Waals surface area (Å²) in [6.45, 7) is 3.23. The maximum Gasteiger partial charge on any atom is 0.224 e. The average Bonchev–Trinajstić information content (AvgIpc) is 2.61. The molecule has 14 heavy (non-hydrogen) atoms. The van der Waals surface area contributed by atoms with Gasteiger partial charge in [0.05, 0.1) is 17.2 Å². The number of amides is 1. The fraction of sp³-hybridized carbons (Fsp3) is 0.556. The van der Waals surface area contributed by atoms with Crippen molar-refractivity contribution in [1.29, 1.82) is 0 Å². The molecule has 1 aromatic heterocycles. The Bertz CT molecular complexity index is 350. The fourth-order valence-electron chi connectivity index (χ4n) is 1.63. The van der Waals surface area contributed by atoms with Gasteiger partial charge in [-0.2, -0.15) is 0 Å². The van der Waals surface area contributed by atoms with Crippen LogP contribution in [-0.2, 0) is 11.3 Å². The topological polar surface area (TPSA) is 59.2 Å². The maximum atomic E-state index is 11.4. The van der Waals surface area contributed by atoms with Crippen LogP contribution in [0.15, 0.2) is 5.38 Å². The summed E-state index contributed by atoms with van der Waals surface area (Å²) in [6, 6.07) is 0.00207. The van der Waals surface area contributed by atoms with Crippen LogP contribution in [0.5, 0.6) is 0 Å². The molecule has 1 aromatic rings. The van der Waals surface area contributed by atoms with Gasteiger partial charge in [0.2, 0.25) is 5.91 Å². The molecule has 4 nitrogen and oxygen atoms in total. The van der Waals surface area contributed by atoms with Gasteiger partial charge in [-0.15, -0.1) is 11.3 Å². The zero-order valence-electron chi connectivity index (χ0n) is 8.06. The molecule has 1 atom stereocenters. The first-order chi connectivity index (χ1) is 6.65. The third-order valence-electron chi connectivity index (χ3n) is 2.26. The lowest BCUT2D eigenvalue weighted by atomic mass is 10.3. The number of hydrogen-bond acceptors (Lipinski definition) is 4. The summed E-state index contributed by atoms with van der Waals surface area (Å²) in [5, 5.41) is 3.03. The minimum absolute atomic E-state index is 0.00207. The SMILES string of the molecule is Cc1nc(CN2CC(N)CC2=O)cs1. The van der Waals surface area contributed by atoms with Gasteiger partial charge in [-0.1, -0.05) is 0 Å². The minimum Gasteiger partial charge on any atom is -0.335 e. The van der Waals surface area contributed by atoms with E-state index in [-0.39, 0.29) is 11.9 Å². The van der Waals surface area contributed by atoms with Crippen molar-refractivity contribution >= 4 is 17.2 Å². The van der Waals surface area contributed by atoms with Gasteiger partial charge in [0.25, 0.3) is 0 Å². The van der Waals surface area contributed by atoms with Crippen molar-refractivity contribution in [2.45, 2.75) is 25.9 Å². The number of likely N-dealkylation sites (tertiary alicyclic amines) is 1. The predicted octanol–water partition coefficient (Wildman–Crippen LogP) is 0.511. The van der Waals surface area contributed by atoms with E-state index in [9.17, 15) is 4.79 Å². The third kappa shape index (κ3) is 1.93. The zero-order valence-corrected chi connectivity index (χ0v) is 8.88. The van der Waals surface area contributed by atoms with Crippen LogP contribution in [0.3, 0.4) is 0 Å². The molecule has 0 aromatic carbocycles. The van der Waals surface area contributed by atoms with Crippen molar-refractivity contribution < 1.29 is 4.79 Å². The Hall–Kier alpha value is -0.940. The van der Waals surface area contributed by atoms with Crippen LogP contribution in [0.2, 0.25) is 0 Å². The van der Waals surface area contributed by atoms with Gasteiger partial charge in [0.15, 0.2) is 0 Å². The maximum absolute atomic E-state index is 11.4. The third-order valence-corrected chi connectivity index (χ3v) is 3.09. The Morgan fingerprint density at radius 3 is 3.07 bits per heavy atom. The first kappa shape index (κ1) is 9.61. The van der Waals surface area contributed by atoms with Gasteiger partial charge in [-0.25, -0.2) is 4.98 Å². The van der Waals surface area contributed by atoms with Crippen molar-refractivity contribution in [3.63, 3.8) is 0 Å². The van der Waals surface area contributed by atoms with E-state index in [1.54, 1.807) is 16.2 Å². The monoisotopic (exact) mass is 211 g/mol. The standard InChI is InChI=1S/C9H13N3OS/c1-6-11-8(5-14-6)4-12-3-7(10)2-9(12)13/h5,7H,2-4,10H2,1H3. The van der Waals surface area contributed by atoms with Crippen molar-refractivity contribution in [1.82, 2.24) is 9.88 Å². The summed E-state index contributed by atoms with van der Waals surface area (Å²) in [4.78, 5) is 17.5. The highest BCUT2D eigenvalue weighted by molar-refractivity contribution is 7.09. The summed E-state index contributed by atoms with van der Waals surface area (Å²) in [7, 11) is 0. The van der Waals surface area contributed by atoms with Crippen molar-refractivity contribution in [3.05, 3.63) is 16.1 Å². The first-order valence-electron chi connectivity index (χ1n) is 4.59. The molecular weight excluding hydrogens is 198 g/mol.